The van der Waals surface area contributed by atoms with Crippen LogP contribution in [-0.2, 0) is 13.1 Å². The average molecular weight is 285 g/mol. The van der Waals surface area contributed by atoms with Gasteiger partial charge in [0.2, 0.25) is 5.89 Å². The molecule has 1 aliphatic rings. The second-order valence-corrected chi connectivity index (χ2v) is 5.61. The van der Waals surface area contributed by atoms with Gasteiger partial charge in [-0.05, 0) is 47.9 Å². The lowest BCUT2D eigenvalue weighted by Gasteiger charge is -2.00. The summed E-state index contributed by atoms with van der Waals surface area (Å²) in [6.07, 6.45) is 0. The lowest BCUT2D eigenvalue weighted by Crippen LogP contribution is -1.99. The normalized spacial score (nSPS) is 13.9. The molecule has 0 amide bonds. The quantitative estimate of drug-likeness (QED) is 0.732. The van der Waals surface area contributed by atoms with E-state index < -0.39 is 0 Å². The fourth-order valence-corrected chi connectivity index (χ4v) is 2.98. The molecule has 4 rings (SSSR count). The zero-order valence-corrected chi connectivity index (χ0v) is 11.8. The molecule has 0 saturated heterocycles. The second kappa shape index (κ2) is 4.33. The predicted octanol–water partition coefficient (Wildman–Crippen LogP) is 4.06. The minimum atomic E-state index is 0.653. The smallest absolute Gasteiger partial charge is 0.227 e. The van der Waals surface area contributed by atoms with Crippen molar-refractivity contribution in [2.24, 2.45) is 0 Å². The average Bonchev–Trinajstić information content (AvgIpc) is 3.03. The summed E-state index contributed by atoms with van der Waals surface area (Å²) in [7, 11) is 0. The highest BCUT2D eigenvalue weighted by atomic mass is 35.5. The molecule has 0 radical (unpaired) electrons. The van der Waals surface area contributed by atoms with Crippen molar-refractivity contribution >= 4 is 22.7 Å². The maximum absolute atomic E-state index is 6.07. The minimum absolute atomic E-state index is 0.653. The monoisotopic (exact) mass is 284 g/mol. The highest BCUT2D eigenvalue weighted by Crippen LogP contribution is 2.30. The van der Waals surface area contributed by atoms with Gasteiger partial charge in [-0.2, -0.15) is 0 Å². The number of nitrogens with one attached hydrogen (secondary N) is 1. The number of aryl methyl sites for hydroxylation is 1. The van der Waals surface area contributed by atoms with E-state index in [4.69, 9.17) is 16.0 Å². The van der Waals surface area contributed by atoms with Gasteiger partial charge in [0, 0.05) is 23.7 Å². The van der Waals surface area contributed by atoms with Crippen molar-refractivity contribution in [3.8, 4) is 11.5 Å². The third-order valence-electron chi connectivity index (χ3n) is 3.72. The number of oxazole rings is 1. The molecule has 0 fully saturated rings. The molecule has 4 heteroatoms. The molecule has 100 valence electrons. The largest absolute Gasteiger partial charge is 0.436 e. The van der Waals surface area contributed by atoms with Crippen LogP contribution >= 0.6 is 11.6 Å². The lowest BCUT2D eigenvalue weighted by molar-refractivity contribution is 0.617. The Morgan fingerprint density at radius 1 is 1.15 bits per heavy atom. The van der Waals surface area contributed by atoms with Gasteiger partial charge in [-0.3, -0.25) is 0 Å². The molecule has 0 spiro atoms. The van der Waals surface area contributed by atoms with Gasteiger partial charge < -0.3 is 9.73 Å². The van der Waals surface area contributed by atoms with E-state index in [2.05, 4.69) is 28.5 Å². The summed E-state index contributed by atoms with van der Waals surface area (Å²) in [5, 5.41) is 4.03. The van der Waals surface area contributed by atoms with Crippen molar-refractivity contribution in [3.05, 3.63) is 52.0 Å². The first kappa shape index (κ1) is 11.9. The van der Waals surface area contributed by atoms with Gasteiger partial charge >= 0.3 is 0 Å². The van der Waals surface area contributed by atoms with E-state index in [0.29, 0.717) is 10.9 Å². The van der Waals surface area contributed by atoms with Crippen molar-refractivity contribution in [1.82, 2.24) is 10.3 Å². The lowest BCUT2D eigenvalue weighted by atomic mass is 10.1. The first-order chi connectivity index (χ1) is 9.70. The fourth-order valence-electron chi connectivity index (χ4n) is 2.71. The number of benzene rings is 2. The number of nitrogens with zero attached hydrogens (tertiary/aromatic N) is 1. The Labute approximate surface area is 121 Å². The summed E-state index contributed by atoms with van der Waals surface area (Å²) in [4.78, 5) is 4.56. The van der Waals surface area contributed by atoms with Crippen molar-refractivity contribution in [1.29, 1.82) is 0 Å². The molecule has 3 aromatic rings. The molecule has 0 unspecified atom stereocenters. The van der Waals surface area contributed by atoms with Crippen LogP contribution in [0.1, 0.15) is 16.7 Å². The van der Waals surface area contributed by atoms with Crippen LogP contribution in [0, 0.1) is 6.92 Å². The SMILES string of the molecule is Cc1cc(Cl)cc2nc(-c3ccc4c(c3)CNC4)oc12. The molecule has 0 saturated carbocycles. The maximum Gasteiger partial charge on any atom is 0.227 e. The van der Waals surface area contributed by atoms with Crippen molar-refractivity contribution < 1.29 is 4.42 Å². The molecule has 3 nitrogen and oxygen atoms in total. The van der Waals surface area contributed by atoms with Crippen LogP contribution in [0.5, 0.6) is 0 Å². The number of halogens is 1. The molecule has 1 aliphatic heterocycles. The zero-order valence-electron chi connectivity index (χ0n) is 11.0. The summed E-state index contributed by atoms with van der Waals surface area (Å²) >= 11 is 6.07. The molecule has 0 aliphatic carbocycles. The fraction of sp³-hybridized carbons (Fsp3) is 0.188. The Morgan fingerprint density at radius 3 is 2.90 bits per heavy atom. The Hall–Kier alpha value is -1.84. The zero-order chi connectivity index (χ0) is 13.7. The molecular weight excluding hydrogens is 272 g/mol. The highest BCUT2D eigenvalue weighted by molar-refractivity contribution is 6.31. The van der Waals surface area contributed by atoms with Gasteiger partial charge in [-0.15, -0.1) is 0 Å². The highest BCUT2D eigenvalue weighted by Gasteiger charge is 2.15. The first-order valence-electron chi connectivity index (χ1n) is 6.60. The summed E-state index contributed by atoms with van der Waals surface area (Å²) in [5.41, 5.74) is 6.31. The van der Waals surface area contributed by atoms with Crippen molar-refractivity contribution in [2.75, 3.05) is 0 Å². The van der Waals surface area contributed by atoms with Crippen LogP contribution in [0.25, 0.3) is 22.6 Å². The van der Waals surface area contributed by atoms with Crippen molar-refractivity contribution in [3.63, 3.8) is 0 Å². The van der Waals surface area contributed by atoms with Crippen molar-refractivity contribution in [2.45, 2.75) is 20.0 Å². The minimum Gasteiger partial charge on any atom is -0.436 e. The Bertz CT molecular complexity index is 823. The van der Waals surface area contributed by atoms with Gasteiger partial charge in [0.05, 0.1) is 0 Å². The standard InChI is InChI=1S/C16H13ClN2O/c1-9-4-13(17)6-14-15(9)20-16(19-14)10-2-3-11-7-18-8-12(11)5-10/h2-6,18H,7-8H2,1H3. The molecule has 2 heterocycles. The number of hydrogen-bond donors (Lipinski definition) is 1. The molecule has 1 N–H and O–H groups in total. The van der Waals surface area contributed by atoms with Crippen LogP contribution in [0.2, 0.25) is 5.02 Å². The third-order valence-corrected chi connectivity index (χ3v) is 3.94. The summed E-state index contributed by atoms with van der Waals surface area (Å²) in [5.74, 6) is 0.653. The van der Waals surface area contributed by atoms with E-state index in [0.717, 1.165) is 35.3 Å². The Morgan fingerprint density at radius 2 is 2.00 bits per heavy atom. The topological polar surface area (TPSA) is 38.1 Å². The van der Waals surface area contributed by atoms with Crippen LogP contribution in [-0.4, -0.2) is 4.98 Å². The van der Waals surface area contributed by atoms with E-state index in [1.54, 1.807) is 0 Å². The number of rotatable bonds is 1. The second-order valence-electron chi connectivity index (χ2n) is 5.18. The molecule has 20 heavy (non-hydrogen) atoms. The van der Waals surface area contributed by atoms with E-state index in [9.17, 15) is 0 Å². The van der Waals surface area contributed by atoms with Gasteiger partial charge in [0.15, 0.2) is 5.58 Å². The van der Waals surface area contributed by atoms with E-state index in [-0.39, 0.29) is 0 Å². The van der Waals surface area contributed by atoms with Crippen LogP contribution in [0.3, 0.4) is 0 Å². The van der Waals surface area contributed by atoms with Crippen LogP contribution < -0.4 is 5.32 Å². The maximum atomic E-state index is 6.07. The third kappa shape index (κ3) is 1.82. The Kier molecular flexibility index (Phi) is 2.59. The van der Waals surface area contributed by atoms with Gasteiger partial charge in [-0.25, -0.2) is 4.98 Å². The first-order valence-corrected chi connectivity index (χ1v) is 6.98. The van der Waals surface area contributed by atoms with Crippen LogP contribution in [0.4, 0.5) is 0 Å². The molecular formula is C16H13ClN2O. The molecule has 0 atom stereocenters. The predicted molar refractivity (Wildman–Crippen MR) is 79.7 cm³/mol. The van der Waals surface area contributed by atoms with E-state index in [1.165, 1.54) is 11.1 Å². The van der Waals surface area contributed by atoms with E-state index in [1.807, 2.05) is 19.1 Å². The van der Waals surface area contributed by atoms with Gasteiger partial charge in [0.25, 0.3) is 0 Å². The number of hydrogen-bond acceptors (Lipinski definition) is 3. The molecule has 0 bridgehead atoms. The summed E-state index contributed by atoms with van der Waals surface area (Å²) in [6.45, 7) is 3.84. The summed E-state index contributed by atoms with van der Waals surface area (Å²) in [6, 6.07) is 10.1. The van der Waals surface area contributed by atoms with Crippen LogP contribution in [0.15, 0.2) is 34.7 Å². The van der Waals surface area contributed by atoms with Gasteiger partial charge in [0.1, 0.15) is 5.52 Å². The summed E-state index contributed by atoms with van der Waals surface area (Å²) < 4.78 is 5.91. The molecule has 1 aromatic heterocycles. The Balaban J connectivity index is 1.88. The van der Waals surface area contributed by atoms with Gasteiger partial charge in [-0.1, -0.05) is 17.7 Å². The molecule has 2 aromatic carbocycles. The number of aromatic nitrogens is 1. The number of fused-ring (bicyclic) bond motifs is 2. The van der Waals surface area contributed by atoms with E-state index >= 15 is 0 Å².